The van der Waals surface area contributed by atoms with Gasteiger partial charge in [0.05, 0.1) is 21.5 Å². The van der Waals surface area contributed by atoms with Crippen LogP contribution in [0.2, 0.25) is 0 Å². The molecule has 0 saturated carbocycles. The van der Waals surface area contributed by atoms with Gasteiger partial charge in [-0.1, -0.05) is 26.0 Å². The van der Waals surface area contributed by atoms with Crippen molar-refractivity contribution < 1.29 is 12.8 Å². The van der Waals surface area contributed by atoms with Crippen molar-refractivity contribution in [3.63, 3.8) is 0 Å². The van der Waals surface area contributed by atoms with E-state index in [2.05, 4.69) is 11.8 Å². The van der Waals surface area contributed by atoms with Gasteiger partial charge < -0.3 is 9.47 Å². The average molecular weight is 486 g/mol. The molecule has 182 valence electrons. The van der Waals surface area contributed by atoms with Crippen molar-refractivity contribution >= 4 is 26.4 Å². The van der Waals surface area contributed by atoms with Crippen LogP contribution < -0.4 is 10.3 Å². The molecule has 0 amide bonds. The number of aryl methyl sites for hydroxylation is 2. The summed E-state index contributed by atoms with van der Waals surface area (Å²) in [6.07, 6.45) is 3.25. The molecule has 8 heteroatoms. The molecule has 0 atom stereocenters. The van der Waals surface area contributed by atoms with Gasteiger partial charge in [0.2, 0.25) is 15.3 Å². The van der Waals surface area contributed by atoms with Crippen molar-refractivity contribution in [3.8, 4) is 0 Å². The van der Waals surface area contributed by atoms with Crippen LogP contribution in [-0.4, -0.2) is 50.6 Å². The number of rotatable bonds is 7. The Hall–Kier alpha value is -2.71. The van der Waals surface area contributed by atoms with Crippen molar-refractivity contribution in [2.75, 3.05) is 37.6 Å². The van der Waals surface area contributed by atoms with E-state index >= 15 is 4.39 Å². The van der Waals surface area contributed by atoms with Crippen LogP contribution in [-0.2, 0) is 16.4 Å². The Labute approximate surface area is 200 Å². The highest BCUT2D eigenvalue weighted by molar-refractivity contribution is 7.91. The molecule has 0 N–H and O–H groups in total. The average Bonchev–Trinajstić information content (AvgIpc) is 2.81. The first-order valence-electron chi connectivity index (χ1n) is 11.9. The molecule has 0 radical (unpaired) electrons. The summed E-state index contributed by atoms with van der Waals surface area (Å²) in [5.41, 5.74) is 1.14. The second-order valence-electron chi connectivity index (χ2n) is 8.99. The molecule has 0 aliphatic carbocycles. The summed E-state index contributed by atoms with van der Waals surface area (Å²) in [7, 11) is -4.05. The van der Waals surface area contributed by atoms with Crippen molar-refractivity contribution in [3.05, 3.63) is 64.2 Å². The number of halogens is 1. The summed E-state index contributed by atoms with van der Waals surface area (Å²) < 4.78 is 43.8. The second-order valence-corrected chi connectivity index (χ2v) is 10.9. The zero-order chi connectivity index (χ0) is 24.5. The largest absolute Gasteiger partial charge is 0.367 e. The highest BCUT2D eigenvalue weighted by Crippen LogP contribution is 2.28. The highest BCUT2D eigenvalue weighted by Gasteiger charge is 2.26. The van der Waals surface area contributed by atoms with E-state index in [1.54, 1.807) is 35.8 Å². The Morgan fingerprint density at radius 2 is 1.68 bits per heavy atom. The molecule has 2 aromatic carbocycles. The number of fused-ring (bicyclic) bond motifs is 1. The number of hydrogen-bond acceptors (Lipinski definition) is 5. The lowest BCUT2D eigenvalue weighted by atomic mass is 10.1. The predicted octanol–water partition coefficient (Wildman–Crippen LogP) is 4.22. The van der Waals surface area contributed by atoms with E-state index in [9.17, 15) is 13.2 Å². The van der Waals surface area contributed by atoms with E-state index in [1.807, 2.05) is 11.8 Å². The maximum Gasteiger partial charge on any atom is 0.211 e. The van der Waals surface area contributed by atoms with Gasteiger partial charge in [0.25, 0.3) is 0 Å². The first kappa shape index (κ1) is 24.4. The molecule has 1 saturated heterocycles. The van der Waals surface area contributed by atoms with Crippen LogP contribution in [0.3, 0.4) is 0 Å². The number of anilines is 1. The summed E-state index contributed by atoms with van der Waals surface area (Å²) in [4.78, 5) is 17.5. The fourth-order valence-electron chi connectivity index (χ4n) is 4.67. The van der Waals surface area contributed by atoms with E-state index in [0.717, 1.165) is 38.0 Å². The molecular weight excluding hydrogens is 453 g/mol. The molecule has 4 rings (SSSR count). The predicted molar refractivity (Wildman–Crippen MR) is 134 cm³/mol. The Bertz CT molecular complexity index is 1360. The highest BCUT2D eigenvalue weighted by atomic mass is 32.2. The third kappa shape index (κ3) is 4.61. The molecule has 0 unspecified atom stereocenters. The molecule has 2 heterocycles. The molecule has 1 fully saturated rings. The van der Waals surface area contributed by atoms with E-state index in [1.165, 1.54) is 18.3 Å². The van der Waals surface area contributed by atoms with E-state index < -0.39 is 21.1 Å². The minimum Gasteiger partial charge on any atom is -0.367 e. The third-order valence-electron chi connectivity index (χ3n) is 6.42. The molecule has 0 bridgehead atoms. The van der Waals surface area contributed by atoms with Crippen LogP contribution in [0.5, 0.6) is 0 Å². The SMILES string of the molecule is CCCN1CCN(c2cc3c(cc2F)c(=O)c(S(=O)(=O)c2cccc(C)c2)cn3CCC)CC1. The summed E-state index contributed by atoms with van der Waals surface area (Å²) in [6.45, 7) is 10.6. The number of pyridine rings is 1. The first-order valence-corrected chi connectivity index (χ1v) is 13.4. The van der Waals surface area contributed by atoms with Gasteiger partial charge in [-0.3, -0.25) is 9.69 Å². The van der Waals surface area contributed by atoms with Gasteiger partial charge >= 0.3 is 0 Å². The zero-order valence-corrected chi connectivity index (χ0v) is 20.9. The fourth-order valence-corrected chi connectivity index (χ4v) is 6.14. The van der Waals surface area contributed by atoms with E-state index in [4.69, 9.17) is 0 Å². The van der Waals surface area contributed by atoms with Crippen LogP contribution in [0.15, 0.2) is 57.2 Å². The Morgan fingerprint density at radius 3 is 2.32 bits per heavy atom. The van der Waals surface area contributed by atoms with Gasteiger partial charge in [-0.2, -0.15) is 0 Å². The van der Waals surface area contributed by atoms with Gasteiger partial charge in [0.15, 0.2) is 0 Å². The Balaban J connectivity index is 1.83. The molecule has 1 aromatic heterocycles. The van der Waals surface area contributed by atoms with Gasteiger partial charge in [-0.05, 0) is 56.1 Å². The van der Waals surface area contributed by atoms with E-state index in [0.29, 0.717) is 30.8 Å². The van der Waals surface area contributed by atoms with Crippen LogP contribution in [0.25, 0.3) is 10.9 Å². The van der Waals surface area contributed by atoms with Gasteiger partial charge in [-0.25, -0.2) is 12.8 Å². The first-order chi connectivity index (χ1) is 16.3. The zero-order valence-electron chi connectivity index (χ0n) is 20.1. The molecular formula is C26H32FN3O3S. The normalized spacial score (nSPS) is 15.2. The Kier molecular flexibility index (Phi) is 7.09. The minimum atomic E-state index is -4.05. The molecule has 3 aromatic rings. The number of aromatic nitrogens is 1. The van der Waals surface area contributed by atoms with Crippen LogP contribution >= 0.6 is 0 Å². The molecule has 34 heavy (non-hydrogen) atoms. The lowest BCUT2D eigenvalue weighted by Gasteiger charge is -2.36. The third-order valence-corrected chi connectivity index (χ3v) is 8.17. The summed E-state index contributed by atoms with van der Waals surface area (Å²) in [5, 5.41) is 0.0908. The van der Waals surface area contributed by atoms with Crippen molar-refractivity contribution in [2.45, 2.75) is 49.9 Å². The molecule has 1 aliphatic rings. The topological polar surface area (TPSA) is 62.6 Å². The molecule has 1 aliphatic heterocycles. The van der Waals surface area contributed by atoms with Crippen molar-refractivity contribution in [1.82, 2.24) is 9.47 Å². The number of benzene rings is 2. The number of sulfone groups is 1. The summed E-state index contributed by atoms with van der Waals surface area (Å²) in [6, 6.07) is 9.41. The van der Waals surface area contributed by atoms with Crippen LogP contribution in [0.1, 0.15) is 32.3 Å². The van der Waals surface area contributed by atoms with Crippen LogP contribution in [0, 0.1) is 12.7 Å². The summed E-state index contributed by atoms with van der Waals surface area (Å²) >= 11 is 0. The quantitative estimate of drug-likeness (QED) is 0.501. The fraction of sp³-hybridized carbons (Fsp3) is 0.423. The lowest BCUT2D eigenvalue weighted by Crippen LogP contribution is -2.46. The van der Waals surface area contributed by atoms with Gasteiger partial charge in [-0.15, -0.1) is 0 Å². The monoisotopic (exact) mass is 485 g/mol. The maximum absolute atomic E-state index is 15.3. The van der Waals surface area contributed by atoms with Crippen LogP contribution in [0.4, 0.5) is 10.1 Å². The Morgan fingerprint density at radius 1 is 0.971 bits per heavy atom. The molecule has 0 spiro atoms. The van der Waals surface area contributed by atoms with E-state index in [-0.39, 0.29) is 15.2 Å². The minimum absolute atomic E-state index is 0.0639. The molecule has 6 nitrogen and oxygen atoms in total. The second kappa shape index (κ2) is 9.88. The smallest absolute Gasteiger partial charge is 0.211 e. The summed E-state index contributed by atoms with van der Waals surface area (Å²) in [5.74, 6) is -0.498. The lowest BCUT2D eigenvalue weighted by molar-refractivity contribution is 0.258. The standard InChI is InChI=1S/C26H32FN3O3S/c1-4-9-28-11-13-29(14-12-28)24-17-23-21(16-22(24)27)26(31)25(18-30(23)10-5-2)34(32,33)20-8-6-7-19(3)15-20/h6-8,15-18H,4-5,9-14H2,1-3H3. The van der Waals surface area contributed by atoms with Gasteiger partial charge in [0, 0.05) is 38.9 Å². The van der Waals surface area contributed by atoms with Crippen molar-refractivity contribution in [2.24, 2.45) is 0 Å². The van der Waals surface area contributed by atoms with Crippen molar-refractivity contribution in [1.29, 1.82) is 0 Å². The maximum atomic E-state index is 15.3. The van der Waals surface area contributed by atoms with Gasteiger partial charge in [0.1, 0.15) is 10.7 Å². The number of piperazine rings is 1. The number of hydrogen-bond donors (Lipinski definition) is 0. The number of nitrogens with zero attached hydrogens (tertiary/aromatic N) is 3.